The second-order valence-electron chi connectivity index (χ2n) is 3.89. The molecule has 1 aliphatic rings. The second kappa shape index (κ2) is 6.44. The number of piperidine rings is 1. The van der Waals surface area contributed by atoms with Crippen LogP contribution in [0, 0.1) is 0 Å². The predicted molar refractivity (Wildman–Crippen MR) is 57.1 cm³/mol. The van der Waals surface area contributed by atoms with E-state index >= 15 is 0 Å². The van der Waals surface area contributed by atoms with E-state index in [2.05, 4.69) is 10.6 Å². The molecule has 6 nitrogen and oxygen atoms in total. The summed E-state index contributed by atoms with van der Waals surface area (Å²) in [7, 11) is 0. The van der Waals surface area contributed by atoms with Crippen LogP contribution in [0.3, 0.4) is 0 Å². The van der Waals surface area contributed by atoms with Gasteiger partial charge in [-0.15, -0.1) is 0 Å². The van der Waals surface area contributed by atoms with Crippen LogP contribution in [0.25, 0.3) is 0 Å². The maximum atomic E-state index is 11.3. The Morgan fingerprint density at radius 3 is 2.69 bits per heavy atom. The molecule has 1 aliphatic heterocycles. The standard InChI is InChI=1S/C10H18N2O4/c1-7(10(14)15)12-9(13)6-16-8-2-4-11-5-3-8/h7-8,11H,2-6H2,1H3,(H,12,13)(H,14,15). The summed E-state index contributed by atoms with van der Waals surface area (Å²) in [5, 5.41) is 14.1. The number of amides is 1. The first kappa shape index (κ1) is 12.9. The zero-order valence-electron chi connectivity index (χ0n) is 9.36. The van der Waals surface area contributed by atoms with Crippen LogP contribution in [-0.4, -0.2) is 48.8 Å². The number of hydrogen-bond donors (Lipinski definition) is 3. The number of carboxylic acids is 1. The molecule has 0 spiro atoms. The third-order valence-electron chi connectivity index (χ3n) is 2.48. The van der Waals surface area contributed by atoms with Crippen LogP contribution >= 0.6 is 0 Å². The minimum absolute atomic E-state index is 0.0672. The average Bonchev–Trinajstić information content (AvgIpc) is 2.27. The molecule has 1 atom stereocenters. The summed E-state index contributed by atoms with van der Waals surface area (Å²) >= 11 is 0. The molecular weight excluding hydrogens is 212 g/mol. The molecule has 1 heterocycles. The van der Waals surface area contributed by atoms with Crippen molar-refractivity contribution in [2.45, 2.75) is 31.9 Å². The van der Waals surface area contributed by atoms with Crippen molar-refractivity contribution in [3.63, 3.8) is 0 Å². The summed E-state index contributed by atoms with van der Waals surface area (Å²) in [4.78, 5) is 21.8. The molecule has 16 heavy (non-hydrogen) atoms. The van der Waals surface area contributed by atoms with Crippen molar-refractivity contribution in [2.75, 3.05) is 19.7 Å². The van der Waals surface area contributed by atoms with Crippen molar-refractivity contribution in [2.24, 2.45) is 0 Å². The molecule has 1 fully saturated rings. The number of hydrogen-bond acceptors (Lipinski definition) is 4. The molecule has 0 bridgehead atoms. The highest BCUT2D eigenvalue weighted by Crippen LogP contribution is 2.06. The summed E-state index contributed by atoms with van der Waals surface area (Å²) in [6.07, 6.45) is 1.89. The highest BCUT2D eigenvalue weighted by Gasteiger charge is 2.17. The van der Waals surface area contributed by atoms with E-state index in [0.717, 1.165) is 25.9 Å². The Bertz CT molecular complexity index is 251. The third-order valence-corrected chi connectivity index (χ3v) is 2.48. The molecular formula is C10H18N2O4. The number of carbonyl (C=O) groups excluding carboxylic acids is 1. The highest BCUT2D eigenvalue weighted by molar-refractivity contribution is 5.83. The van der Waals surface area contributed by atoms with Crippen molar-refractivity contribution in [3.8, 4) is 0 Å². The first-order valence-corrected chi connectivity index (χ1v) is 5.44. The van der Waals surface area contributed by atoms with Gasteiger partial charge in [0.15, 0.2) is 0 Å². The van der Waals surface area contributed by atoms with E-state index in [4.69, 9.17) is 9.84 Å². The van der Waals surface area contributed by atoms with Gasteiger partial charge in [-0.05, 0) is 32.9 Å². The van der Waals surface area contributed by atoms with Gasteiger partial charge in [0.2, 0.25) is 5.91 Å². The van der Waals surface area contributed by atoms with Crippen LogP contribution in [0.1, 0.15) is 19.8 Å². The van der Waals surface area contributed by atoms with E-state index < -0.39 is 12.0 Å². The van der Waals surface area contributed by atoms with Crippen molar-refractivity contribution < 1.29 is 19.4 Å². The molecule has 1 saturated heterocycles. The van der Waals surface area contributed by atoms with E-state index in [-0.39, 0.29) is 18.6 Å². The highest BCUT2D eigenvalue weighted by atomic mass is 16.5. The summed E-state index contributed by atoms with van der Waals surface area (Å²) in [6.45, 7) is 3.16. The Hall–Kier alpha value is -1.14. The Morgan fingerprint density at radius 1 is 1.50 bits per heavy atom. The molecule has 6 heteroatoms. The molecule has 0 aromatic heterocycles. The van der Waals surface area contributed by atoms with Gasteiger partial charge in [-0.3, -0.25) is 9.59 Å². The van der Waals surface area contributed by atoms with E-state index in [1.807, 2.05) is 0 Å². The SMILES string of the molecule is CC(NC(=O)COC1CCNCC1)C(=O)O. The fourth-order valence-corrected chi connectivity index (χ4v) is 1.50. The Morgan fingerprint density at radius 2 is 2.12 bits per heavy atom. The van der Waals surface area contributed by atoms with E-state index in [1.165, 1.54) is 6.92 Å². The maximum absolute atomic E-state index is 11.3. The lowest BCUT2D eigenvalue weighted by Crippen LogP contribution is -2.41. The quantitative estimate of drug-likeness (QED) is 0.584. The fourth-order valence-electron chi connectivity index (χ4n) is 1.50. The van der Waals surface area contributed by atoms with Crippen LogP contribution < -0.4 is 10.6 Å². The van der Waals surface area contributed by atoms with Crippen molar-refractivity contribution >= 4 is 11.9 Å². The number of carboxylic acid groups (broad SMARTS) is 1. The van der Waals surface area contributed by atoms with Crippen molar-refractivity contribution in [1.82, 2.24) is 10.6 Å². The molecule has 0 aliphatic carbocycles. The van der Waals surface area contributed by atoms with Crippen molar-refractivity contribution in [1.29, 1.82) is 0 Å². The molecule has 3 N–H and O–H groups in total. The van der Waals surface area contributed by atoms with Crippen LogP contribution in [0.5, 0.6) is 0 Å². The molecule has 0 aromatic carbocycles. The first-order chi connectivity index (χ1) is 7.59. The van der Waals surface area contributed by atoms with Crippen LogP contribution in [0.2, 0.25) is 0 Å². The van der Waals surface area contributed by atoms with Gasteiger partial charge in [-0.2, -0.15) is 0 Å². The van der Waals surface area contributed by atoms with Crippen LogP contribution in [0.15, 0.2) is 0 Å². The number of ether oxygens (including phenoxy) is 1. The molecule has 1 rings (SSSR count). The first-order valence-electron chi connectivity index (χ1n) is 5.44. The van der Waals surface area contributed by atoms with Gasteiger partial charge < -0.3 is 20.5 Å². The third kappa shape index (κ3) is 4.59. The lowest BCUT2D eigenvalue weighted by atomic mass is 10.1. The van der Waals surface area contributed by atoms with Gasteiger partial charge in [-0.1, -0.05) is 0 Å². The van der Waals surface area contributed by atoms with Gasteiger partial charge in [0, 0.05) is 0 Å². The van der Waals surface area contributed by atoms with Crippen LogP contribution in [0.4, 0.5) is 0 Å². The van der Waals surface area contributed by atoms with Gasteiger partial charge in [0.05, 0.1) is 6.10 Å². The summed E-state index contributed by atoms with van der Waals surface area (Å²) in [5.74, 6) is -1.43. The number of carbonyl (C=O) groups is 2. The molecule has 92 valence electrons. The average molecular weight is 230 g/mol. The number of nitrogens with one attached hydrogen (secondary N) is 2. The van der Waals surface area contributed by atoms with E-state index in [0.29, 0.717) is 0 Å². The van der Waals surface area contributed by atoms with Crippen molar-refractivity contribution in [3.05, 3.63) is 0 Å². The summed E-state index contributed by atoms with van der Waals surface area (Å²) in [6, 6.07) is -0.871. The predicted octanol–water partition coefficient (Wildman–Crippen LogP) is -0.656. The maximum Gasteiger partial charge on any atom is 0.325 e. The summed E-state index contributed by atoms with van der Waals surface area (Å²) in [5.41, 5.74) is 0. The lowest BCUT2D eigenvalue weighted by Gasteiger charge is -2.22. The molecule has 1 unspecified atom stereocenters. The van der Waals surface area contributed by atoms with E-state index in [1.54, 1.807) is 0 Å². The normalized spacial score (nSPS) is 19.1. The topological polar surface area (TPSA) is 87.7 Å². The Labute approximate surface area is 94.3 Å². The molecule has 0 radical (unpaired) electrons. The van der Waals surface area contributed by atoms with Gasteiger partial charge in [-0.25, -0.2) is 0 Å². The smallest absolute Gasteiger partial charge is 0.325 e. The molecule has 0 saturated carbocycles. The van der Waals surface area contributed by atoms with Gasteiger partial charge in [0.1, 0.15) is 12.6 Å². The number of rotatable bonds is 5. The summed E-state index contributed by atoms with van der Waals surface area (Å²) < 4.78 is 5.38. The minimum atomic E-state index is -1.05. The van der Waals surface area contributed by atoms with Gasteiger partial charge in [0.25, 0.3) is 0 Å². The molecule has 1 amide bonds. The Kier molecular flexibility index (Phi) is 5.21. The zero-order valence-corrected chi connectivity index (χ0v) is 9.36. The monoisotopic (exact) mass is 230 g/mol. The Balaban J connectivity index is 2.16. The van der Waals surface area contributed by atoms with E-state index in [9.17, 15) is 9.59 Å². The minimum Gasteiger partial charge on any atom is -0.480 e. The number of aliphatic carboxylic acids is 1. The zero-order chi connectivity index (χ0) is 12.0. The second-order valence-corrected chi connectivity index (χ2v) is 3.89. The lowest BCUT2D eigenvalue weighted by molar-refractivity contribution is -0.142. The van der Waals surface area contributed by atoms with Gasteiger partial charge >= 0.3 is 5.97 Å². The largest absolute Gasteiger partial charge is 0.480 e. The fraction of sp³-hybridized carbons (Fsp3) is 0.800. The van der Waals surface area contributed by atoms with Crippen LogP contribution in [-0.2, 0) is 14.3 Å². The molecule has 0 aromatic rings.